The molecule has 1 aromatic heterocycles. The van der Waals surface area contributed by atoms with Crippen molar-refractivity contribution in [1.29, 1.82) is 0 Å². The first kappa shape index (κ1) is 29.7. The van der Waals surface area contributed by atoms with Crippen molar-refractivity contribution in [1.82, 2.24) is 29.7 Å². The van der Waals surface area contributed by atoms with Gasteiger partial charge in [0.15, 0.2) is 5.82 Å². The number of benzene rings is 1. The number of nitrogens with zero attached hydrogens (tertiary/aromatic N) is 4. The monoisotopic (exact) mass is 522 g/mol. The van der Waals surface area contributed by atoms with Crippen molar-refractivity contribution in [3.05, 3.63) is 47.5 Å². The van der Waals surface area contributed by atoms with Gasteiger partial charge in [-0.25, -0.2) is 22.9 Å². The summed E-state index contributed by atoms with van der Waals surface area (Å²) < 4.78 is 34.0. The Kier molecular flexibility index (Phi) is 12.3. The van der Waals surface area contributed by atoms with Gasteiger partial charge in [0.1, 0.15) is 5.82 Å². The SMILES string of the molecule is CCN(CC)CCCS(=O)(=O)N[C@H](CCc1ccccc1)c1nc(CN(CC)C(=O)OC(C)C)n[nH]1. The van der Waals surface area contributed by atoms with Crippen LogP contribution >= 0.6 is 0 Å². The van der Waals surface area contributed by atoms with Crippen molar-refractivity contribution in [2.45, 2.75) is 72.6 Å². The smallest absolute Gasteiger partial charge is 0.410 e. The summed E-state index contributed by atoms with van der Waals surface area (Å²) in [4.78, 5) is 20.6. The second-order valence-electron chi connectivity index (χ2n) is 8.98. The lowest BCUT2D eigenvalue weighted by atomic mass is 10.1. The van der Waals surface area contributed by atoms with E-state index in [0.29, 0.717) is 37.5 Å². The van der Waals surface area contributed by atoms with Crippen LogP contribution in [0.5, 0.6) is 0 Å². The maximum Gasteiger partial charge on any atom is 0.410 e. The van der Waals surface area contributed by atoms with Crippen LogP contribution in [0.2, 0.25) is 0 Å². The van der Waals surface area contributed by atoms with Crippen molar-refractivity contribution < 1.29 is 17.9 Å². The van der Waals surface area contributed by atoms with E-state index < -0.39 is 22.2 Å². The molecule has 2 N–H and O–H groups in total. The molecule has 0 unspecified atom stereocenters. The van der Waals surface area contributed by atoms with E-state index in [1.807, 2.05) is 37.3 Å². The number of aryl methyl sites for hydroxylation is 1. The van der Waals surface area contributed by atoms with Crippen molar-refractivity contribution in [2.24, 2.45) is 0 Å². The minimum Gasteiger partial charge on any atom is -0.447 e. The average Bonchev–Trinajstić information content (AvgIpc) is 3.31. The minimum atomic E-state index is -3.54. The van der Waals surface area contributed by atoms with Crippen LogP contribution in [0.1, 0.15) is 70.7 Å². The molecule has 2 aromatic rings. The molecule has 202 valence electrons. The third-order valence-electron chi connectivity index (χ3n) is 5.86. The lowest BCUT2D eigenvalue weighted by molar-refractivity contribution is 0.0755. The first-order valence-electron chi connectivity index (χ1n) is 12.8. The van der Waals surface area contributed by atoms with Gasteiger partial charge < -0.3 is 14.5 Å². The van der Waals surface area contributed by atoms with Crippen LogP contribution in [0.25, 0.3) is 0 Å². The summed E-state index contributed by atoms with van der Waals surface area (Å²) in [6.45, 7) is 12.7. The summed E-state index contributed by atoms with van der Waals surface area (Å²) >= 11 is 0. The summed E-state index contributed by atoms with van der Waals surface area (Å²) in [5.74, 6) is 0.872. The number of carbonyl (C=O) groups is 1. The van der Waals surface area contributed by atoms with E-state index in [9.17, 15) is 13.2 Å². The molecule has 0 spiro atoms. The molecule has 0 saturated carbocycles. The molecule has 0 fully saturated rings. The lowest BCUT2D eigenvalue weighted by Crippen LogP contribution is -2.34. The number of rotatable bonds is 16. The number of aromatic nitrogens is 3. The van der Waals surface area contributed by atoms with Crippen molar-refractivity contribution in [3.8, 4) is 0 Å². The molecule has 11 heteroatoms. The number of amides is 1. The zero-order chi connectivity index (χ0) is 26.6. The van der Waals surface area contributed by atoms with Gasteiger partial charge in [0.25, 0.3) is 0 Å². The number of hydrogen-bond donors (Lipinski definition) is 2. The van der Waals surface area contributed by atoms with Crippen molar-refractivity contribution in [2.75, 3.05) is 31.9 Å². The van der Waals surface area contributed by atoms with Crippen LogP contribution in [0.4, 0.5) is 4.79 Å². The van der Waals surface area contributed by atoms with E-state index in [-0.39, 0.29) is 18.4 Å². The number of aromatic amines is 1. The Morgan fingerprint density at radius 3 is 2.42 bits per heavy atom. The number of H-pyrrole nitrogens is 1. The van der Waals surface area contributed by atoms with Crippen LogP contribution in [0, 0.1) is 0 Å². The average molecular weight is 523 g/mol. The van der Waals surface area contributed by atoms with Gasteiger partial charge in [0.2, 0.25) is 10.0 Å². The third kappa shape index (κ3) is 10.2. The Morgan fingerprint density at radius 1 is 1.11 bits per heavy atom. The van der Waals surface area contributed by atoms with Crippen LogP contribution in [-0.4, -0.2) is 77.5 Å². The van der Waals surface area contributed by atoms with Gasteiger partial charge in [0.05, 0.1) is 24.4 Å². The highest BCUT2D eigenvalue weighted by Gasteiger charge is 2.24. The molecular formula is C25H42N6O4S. The second kappa shape index (κ2) is 14.9. The molecular weight excluding hydrogens is 480 g/mol. The Labute approximate surface area is 215 Å². The van der Waals surface area contributed by atoms with Gasteiger partial charge in [-0.1, -0.05) is 44.2 Å². The Hall–Kier alpha value is -2.50. The number of sulfonamides is 1. The zero-order valence-electron chi connectivity index (χ0n) is 22.2. The molecule has 1 atom stereocenters. The maximum absolute atomic E-state index is 12.9. The van der Waals surface area contributed by atoms with Crippen LogP contribution in [0.15, 0.2) is 30.3 Å². The Balaban J connectivity index is 2.13. The summed E-state index contributed by atoms with van der Waals surface area (Å²) in [5.41, 5.74) is 1.11. The molecule has 0 saturated heterocycles. The fourth-order valence-corrected chi connectivity index (χ4v) is 5.08. The Morgan fingerprint density at radius 2 is 1.81 bits per heavy atom. The quantitative estimate of drug-likeness (QED) is 0.346. The van der Waals surface area contributed by atoms with E-state index >= 15 is 0 Å². The van der Waals surface area contributed by atoms with E-state index in [1.54, 1.807) is 13.8 Å². The first-order chi connectivity index (χ1) is 17.2. The largest absolute Gasteiger partial charge is 0.447 e. The van der Waals surface area contributed by atoms with Crippen molar-refractivity contribution >= 4 is 16.1 Å². The molecule has 0 bridgehead atoms. The van der Waals surface area contributed by atoms with Gasteiger partial charge in [-0.3, -0.25) is 5.10 Å². The summed E-state index contributed by atoms with van der Waals surface area (Å²) in [7, 11) is -3.54. The maximum atomic E-state index is 12.9. The molecule has 10 nitrogen and oxygen atoms in total. The highest BCUT2D eigenvalue weighted by atomic mass is 32.2. The molecule has 0 aliphatic rings. The number of nitrogens with one attached hydrogen (secondary N) is 2. The normalized spacial score (nSPS) is 12.8. The van der Waals surface area contributed by atoms with Crippen molar-refractivity contribution in [3.63, 3.8) is 0 Å². The van der Waals surface area contributed by atoms with Crippen LogP contribution < -0.4 is 4.72 Å². The van der Waals surface area contributed by atoms with Gasteiger partial charge in [-0.05, 0) is 65.2 Å². The summed E-state index contributed by atoms with van der Waals surface area (Å²) in [6.07, 6.45) is 1.07. The molecule has 0 aliphatic carbocycles. The molecule has 36 heavy (non-hydrogen) atoms. The van der Waals surface area contributed by atoms with E-state index in [4.69, 9.17) is 4.74 Å². The zero-order valence-corrected chi connectivity index (χ0v) is 23.1. The number of hydrogen-bond acceptors (Lipinski definition) is 7. The highest BCUT2D eigenvalue weighted by Crippen LogP contribution is 2.18. The standard InChI is InChI=1S/C25H42N6O4S/c1-6-30(7-2)17-12-18-36(33,34)29-22(16-15-21-13-10-9-11-14-21)24-26-23(27-28-24)19-31(8-3)25(32)35-20(4)5/h9-11,13-14,20,22,29H,6-8,12,15-19H2,1-5H3,(H,26,27,28)/t22-/m1/s1. The van der Waals surface area contributed by atoms with Gasteiger partial charge >= 0.3 is 6.09 Å². The fourth-order valence-electron chi connectivity index (χ4n) is 3.79. The van der Waals surface area contributed by atoms with E-state index in [0.717, 1.165) is 25.2 Å². The predicted octanol–water partition coefficient (Wildman–Crippen LogP) is 3.50. The van der Waals surface area contributed by atoms with Gasteiger partial charge in [-0.2, -0.15) is 5.10 Å². The van der Waals surface area contributed by atoms with E-state index in [1.165, 1.54) is 4.90 Å². The minimum absolute atomic E-state index is 0.0387. The summed E-state index contributed by atoms with van der Waals surface area (Å²) in [5, 5.41) is 7.14. The predicted molar refractivity (Wildman–Crippen MR) is 141 cm³/mol. The van der Waals surface area contributed by atoms with E-state index in [2.05, 4.69) is 38.7 Å². The number of ether oxygens (including phenoxy) is 1. The first-order valence-corrected chi connectivity index (χ1v) is 14.5. The lowest BCUT2D eigenvalue weighted by Gasteiger charge is -2.20. The molecule has 0 radical (unpaired) electrons. The topological polar surface area (TPSA) is 121 Å². The molecule has 1 amide bonds. The molecule has 1 aromatic carbocycles. The Bertz CT molecular complexity index is 1010. The van der Waals surface area contributed by atoms with Crippen LogP contribution in [0.3, 0.4) is 0 Å². The molecule has 0 aliphatic heterocycles. The van der Waals surface area contributed by atoms with Gasteiger partial charge in [-0.15, -0.1) is 0 Å². The fraction of sp³-hybridized carbons (Fsp3) is 0.640. The summed E-state index contributed by atoms with van der Waals surface area (Å²) in [6, 6.07) is 9.34. The van der Waals surface area contributed by atoms with Gasteiger partial charge in [0, 0.05) is 6.54 Å². The third-order valence-corrected chi connectivity index (χ3v) is 7.33. The molecule has 2 rings (SSSR count). The second-order valence-corrected chi connectivity index (χ2v) is 10.9. The highest BCUT2D eigenvalue weighted by molar-refractivity contribution is 7.89. The number of carbonyl (C=O) groups excluding carboxylic acids is 1. The molecule has 1 heterocycles. The van der Waals surface area contributed by atoms with Crippen LogP contribution in [-0.2, 0) is 27.7 Å².